The zero-order chi connectivity index (χ0) is 10.4. The molecule has 78 valence electrons. The average Bonchev–Trinajstić information content (AvgIpc) is 2.19. The van der Waals surface area contributed by atoms with Crippen LogP contribution in [-0.4, -0.2) is 20.3 Å². The summed E-state index contributed by atoms with van der Waals surface area (Å²) in [5.74, 6) is 0.844. The van der Waals surface area contributed by atoms with Crippen LogP contribution in [-0.2, 0) is 4.74 Å². The first-order valence-corrected chi connectivity index (χ1v) is 4.71. The summed E-state index contributed by atoms with van der Waals surface area (Å²) in [5, 5.41) is 0. The molecule has 0 aromatic heterocycles. The van der Waals surface area contributed by atoms with Crippen molar-refractivity contribution in [2.75, 3.05) is 20.3 Å². The van der Waals surface area contributed by atoms with Crippen molar-refractivity contribution in [1.29, 1.82) is 0 Å². The molecule has 3 nitrogen and oxygen atoms in total. The van der Waals surface area contributed by atoms with Gasteiger partial charge in [-0.05, 0) is 24.6 Å². The van der Waals surface area contributed by atoms with Crippen LogP contribution in [0.1, 0.15) is 18.5 Å². The lowest BCUT2D eigenvalue weighted by molar-refractivity contribution is 0.146. The maximum Gasteiger partial charge on any atom is 0.119 e. The highest BCUT2D eigenvalue weighted by Crippen LogP contribution is 2.17. The van der Waals surface area contributed by atoms with Crippen molar-refractivity contribution >= 4 is 0 Å². The summed E-state index contributed by atoms with van der Waals surface area (Å²) in [7, 11) is 1.65. The van der Waals surface area contributed by atoms with Crippen LogP contribution in [0.4, 0.5) is 0 Å². The van der Waals surface area contributed by atoms with E-state index >= 15 is 0 Å². The Labute approximate surface area is 84.8 Å². The summed E-state index contributed by atoms with van der Waals surface area (Å²) in [5.41, 5.74) is 6.84. The van der Waals surface area contributed by atoms with E-state index in [1.807, 2.05) is 31.2 Å². The first-order valence-electron chi connectivity index (χ1n) is 4.71. The van der Waals surface area contributed by atoms with Crippen LogP contribution in [0.2, 0.25) is 0 Å². The van der Waals surface area contributed by atoms with E-state index in [1.54, 1.807) is 7.11 Å². The molecule has 0 aliphatic carbocycles. The van der Waals surface area contributed by atoms with E-state index in [4.69, 9.17) is 15.2 Å². The Morgan fingerprint density at radius 1 is 1.36 bits per heavy atom. The molecule has 1 rings (SSSR count). The number of hydrogen-bond acceptors (Lipinski definition) is 3. The van der Waals surface area contributed by atoms with Crippen LogP contribution < -0.4 is 10.5 Å². The molecule has 0 aliphatic heterocycles. The van der Waals surface area contributed by atoms with E-state index in [0.29, 0.717) is 13.2 Å². The summed E-state index contributed by atoms with van der Waals surface area (Å²) >= 11 is 0. The standard InChI is InChI=1S/C11H17NO2/c1-9(12)10-4-3-5-11(8-10)14-7-6-13-2/h3-5,8-9H,6-7,12H2,1-2H3/t9-/m0/s1. The summed E-state index contributed by atoms with van der Waals surface area (Å²) in [4.78, 5) is 0. The number of nitrogens with two attached hydrogens (primary N) is 1. The molecule has 14 heavy (non-hydrogen) atoms. The van der Waals surface area contributed by atoms with Crippen molar-refractivity contribution in [2.24, 2.45) is 5.73 Å². The molecule has 0 heterocycles. The van der Waals surface area contributed by atoms with Gasteiger partial charge in [-0.25, -0.2) is 0 Å². The Balaban J connectivity index is 2.55. The third kappa shape index (κ3) is 3.36. The SMILES string of the molecule is COCCOc1cccc([C@H](C)N)c1. The lowest BCUT2D eigenvalue weighted by Crippen LogP contribution is -2.07. The van der Waals surface area contributed by atoms with Gasteiger partial charge >= 0.3 is 0 Å². The molecule has 1 aromatic rings. The number of ether oxygens (including phenoxy) is 2. The molecule has 0 aliphatic rings. The van der Waals surface area contributed by atoms with Crippen molar-refractivity contribution in [2.45, 2.75) is 13.0 Å². The Morgan fingerprint density at radius 2 is 2.14 bits per heavy atom. The van der Waals surface area contributed by atoms with Gasteiger partial charge in [-0.2, -0.15) is 0 Å². The van der Waals surface area contributed by atoms with Gasteiger partial charge in [-0.15, -0.1) is 0 Å². The van der Waals surface area contributed by atoms with Crippen LogP contribution >= 0.6 is 0 Å². The van der Waals surface area contributed by atoms with Crippen molar-refractivity contribution < 1.29 is 9.47 Å². The molecule has 0 saturated carbocycles. The predicted molar refractivity (Wildman–Crippen MR) is 56.4 cm³/mol. The Hall–Kier alpha value is -1.06. The molecular formula is C11H17NO2. The van der Waals surface area contributed by atoms with Gasteiger partial charge in [-0.1, -0.05) is 12.1 Å². The van der Waals surface area contributed by atoms with E-state index in [2.05, 4.69) is 0 Å². The highest BCUT2D eigenvalue weighted by atomic mass is 16.5. The van der Waals surface area contributed by atoms with Gasteiger partial charge in [0.25, 0.3) is 0 Å². The first-order chi connectivity index (χ1) is 6.74. The van der Waals surface area contributed by atoms with E-state index in [-0.39, 0.29) is 6.04 Å². The topological polar surface area (TPSA) is 44.5 Å². The van der Waals surface area contributed by atoms with Gasteiger partial charge in [0.05, 0.1) is 6.61 Å². The molecule has 0 radical (unpaired) electrons. The van der Waals surface area contributed by atoms with Crippen molar-refractivity contribution in [3.05, 3.63) is 29.8 Å². The average molecular weight is 195 g/mol. The number of benzene rings is 1. The van der Waals surface area contributed by atoms with E-state index in [9.17, 15) is 0 Å². The molecule has 0 amide bonds. The second-order valence-corrected chi connectivity index (χ2v) is 3.20. The third-order valence-electron chi connectivity index (χ3n) is 1.94. The molecular weight excluding hydrogens is 178 g/mol. The second-order valence-electron chi connectivity index (χ2n) is 3.20. The smallest absolute Gasteiger partial charge is 0.119 e. The molecule has 1 atom stereocenters. The maximum absolute atomic E-state index is 5.76. The minimum absolute atomic E-state index is 0.0426. The van der Waals surface area contributed by atoms with Crippen molar-refractivity contribution in [1.82, 2.24) is 0 Å². The Morgan fingerprint density at radius 3 is 2.79 bits per heavy atom. The quantitative estimate of drug-likeness (QED) is 0.728. The molecule has 3 heteroatoms. The van der Waals surface area contributed by atoms with Gasteiger partial charge in [0.2, 0.25) is 0 Å². The minimum atomic E-state index is 0.0426. The Bertz CT molecular complexity index is 274. The van der Waals surface area contributed by atoms with E-state index in [0.717, 1.165) is 11.3 Å². The minimum Gasteiger partial charge on any atom is -0.491 e. The fraction of sp³-hybridized carbons (Fsp3) is 0.455. The molecule has 0 bridgehead atoms. The lowest BCUT2D eigenvalue weighted by atomic mass is 10.1. The monoisotopic (exact) mass is 195 g/mol. The molecule has 0 fully saturated rings. The Kier molecular flexibility index (Phi) is 4.43. The number of methoxy groups -OCH3 is 1. The molecule has 2 N–H and O–H groups in total. The zero-order valence-electron chi connectivity index (χ0n) is 8.69. The fourth-order valence-corrected chi connectivity index (χ4v) is 1.13. The van der Waals surface area contributed by atoms with E-state index in [1.165, 1.54) is 0 Å². The van der Waals surface area contributed by atoms with Gasteiger partial charge in [-0.3, -0.25) is 0 Å². The van der Waals surface area contributed by atoms with Crippen molar-refractivity contribution in [3.8, 4) is 5.75 Å². The third-order valence-corrected chi connectivity index (χ3v) is 1.94. The van der Waals surface area contributed by atoms with Crippen LogP contribution in [0.15, 0.2) is 24.3 Å². The van der Waals surface area contributed by atoms with Gasteiger partial charge in [0.1, 0.15) is 12.4 Å². The molecule has 0 spiro atoms. The molecule has 1 aromatic carbocycles. The summed E-state index contributed by atoms with van der Waals surface area (Å²) in [6.45, 7) is 3.12. The maximum atomic E-state index is 5.76. The van der Waals surface area contributed by atoms with Crippen LogP contribution in [0, 0.1) is 0 Å². The van der Waals surface area contributed by atoms with Gasteiger partial charge in [0, 0.05) is 13.2 Å². The predicted octanol–water partition coefficient (Wildman–Crippen LogP) is 1.73. The number of hydrogen-bond donors (Lipinski definition) is 1. The molecule has 0 saturated heterocycles. The van der Waals surface area contributed by atoms with E-state index < -0.39 is 0 Å². The summed E-state index contributed by atoms with van der Waals surface area (Å²) in [6.07, 6.45) is 0. The summed E-state index contributed by atoms with van der Waals surface area (Å²) < 4.78 is 10.3. The summed E-state index contributed by atoms with van der Waals surface area (Å²) in [6, 6.07) is 7.86. The lowest BCUT2D eigenvalue weighted by Gasteiger charge is -2.09. The first kappa shape index (κ1) is 11.0. The number of rotatable bonds is 5. The second kappa shape index (κ2) is 5.62. The van der Waals surface area contributed by atoms with Gasteiger partial charge < -0.3 is 15.2 Å². The van der Waals surface area contributed by atoms with Crippen LogP contribution in [0.5, 0.6) is 5.75 Å². The van der Waals surface area contributed by atoms with Crippen molar-refractivity contribution in [3.63, 3.8) is 0 Å². The zero-order valence-corrected chi connectivity index (χ0v) is 8.69. The largest absolute Gasteiger partial charge is 0.491 e. The highest BCUT2D eigenvalue weighted by molar-refractivity contribution is 5.30. The van der Waals surface area contributed by atoms with Crippen LogP contribution in [0.3, 0.4) is 0 Å². The highest BCUT2D eigenvalue weighted by Gasteiger charge is 2.00. The van der Waals surface area contributed by atoms with Crippen LogP contribution in [0.25, 0.3) is 0 Å². The molecule has 0 unspecified atom stereocenters. The normalized spacial score (nSPS) is 12.5. The van der Waals surface area contributed by atoms with Gasteiger partial charge in [0.15, 0.2) is 0 Å². The fourth-order valence-electron chi connectivity index (χ4n) is 1.13.